The number of aromatic nitrogens is 2. The van der Waals surface area contributed by atoms with Gasteiger partial charge in [0.2, 0.25) is 0 Å². The molecule has 0 bridgehead atoms. The van der Waals surface area contributed by atoms with E-state index in [0.29, 0.717) is 34.2 Å². The molecular formula is C41H49N7O7. The number of aliphatic imine (C=N–C) groups is 2. The van der Waals surface area contributed by atoms with E-state index in [9.17, 15) is 14.4 Å². The molecule has 0 unspecified atom stereocenters. The molecule has 4 aromatic rings. The van der Waals surface area contributed by atoms with Crippen molar-refractivity contribution in [3.63, 3.8) is 0 Å². The van der Waals surface area contributed by atoms with E-state index in [1.807, 2.05) is 27.7 Å². The van der Waals surface area contributed by atoms with Crippen LogP contribution in [0.3, 0.4) is 0 Å². The fraction of sp³-hybridized carbons (Fsp3) is 0.341. The summed E-state index contributed by atoms with van der Waals surface area (Å²) in [7, 11) is 0. The zero-order valence-electron chi connectivity index (χ0n) is 32.9. The summed E-state index contributed by atoms with van der Waals surface area (Å²) in [5.74, 6) is 0.472. The summed E-state index contributed by atoms with van der Waals surface area (Å²) in [6.45, 7) is 17.9. The van der Waals surface area contributed by atoms with Gasteiger partial charge in [0.25, 0.3) is 5.91 Å². The van der Waals surface area contributed by atoms with E-state index >= 15 is 0 Å². The highest BCUT2D eigenvalue weighted by atomic mass is 16.6. The van der Waals surface area contributed by atoms with E-state index in [4.69, 9.17) is 18.9 Å². The van der Waals surface area contributed by atoms with Crippen molar-refractivity contribution in [3.8, 4) is 11.5 Å². The number of nitrogens with one attached hydrogen (secondary N) is 3. The largest absolute Gasteiger partial charge is 0.490 e. The monoisotopic (exact) mass is 751 g/mol. The Morgan fingerprint density at radius 1 is 0.600 bits per heavy atom. The van der Waals surface area contributed by atoms with Crippen LogP contribution in [0, 0.1) is 0 Å². The van der Waals surface area contributed by atoms with E-state index in [1.165, 1.54) is 0 Å². The summed E-state index contributed by atoms with van der Waals surface area (Å²) in [6, 6.07) is 20.4. The van der Waals surface area contributed by atoms with Gasteiger partial charge in [0.15, 0.2) is 11.7 Å². The maximum atomic E-state index is 13.9. The van der Waals surface area contributed by atoms with E-state index in [2.05, 4.69) is 35.9 Å². The Morgan fingerprint density at radius 2 is 1.05 bits per heavy atom. The van der Waals surface area contributed by atoms with Crippen LogP contribution in [0.15, 0.2) is 95.2 Å². The molecule has 0 aliphatic rings. The van der Waals surface area contributed by atoms with Crippen LogP contribution in [0.2, 0.25) is 0 Å². The number of carbonyl (C=O) groups is 3. The quantitative estimate of drug-likeness (QED) is 0.104. The minimum atomic E-state index is -0.792. The summed E-state index contributed by atoms with van der Waals surface area (Å²) in [6.07, 6.45) is 1.06. The van der Waals surface area contributed by atoms with E-state index < -0.39 is 29.3 Å². The molecule has 0 aliphatic carbocycles. The summed E-state index contributed by atoms with van der Waals surface area (Å²) in [5, 5.41) is 9.23. The standard InChI is InChI=1S/C41H49N7O7/c1-25(2)52-33-23-27(44-35(31-15-11-13-21-42-31)47-38(50)54-40(5,6)7)17-19-29(33)37(49)46-30-20-18-28(24-34(30)53-26(3)4)45-36(32-16-12-14-22-43-32)48-39(51)55-41(8,9)10/h11-26H,1-10H3,(H,46,49)(H,44,47,50)(H,45,48,51). The first-order valence-electron chi connectivity index (χ1n) is 17.8. The van der Waals surface area contributed by atoms with Gasteiger partial charge in [0.05, 0.1) is 23.5 Å². The summed E-state index contributed by atoms with van der Waals surface area (Å²) in [4.78, 5) is 56.3. The molecule has 0 aliphatic heterocycles. The van der Waals surface area contributed by atoms with Gasteiger partial charge in [-0.25, -0.2) is 9.59 Å². The van der Waals surface area contributed by atoms with Crippen LogP contribution in [0.25, 0.3) is 0 Å². The smallest absolute Gasteiger partial charge is 0.436 e. The van der Waals surface area contributed by atoms with Crippen molar-refractivity contribution in [2.75, 3.05) is 16.0 Å². The predicted molar refractivity (Wildman–Crippen MR) is 214 cm³/mol. The van der Waals surface area contributed by atoms with Crippen LogP contribution in [0.4, 0.5) is 26.7 Å². The van der Waals surface area contributed by atoms with Gasteiger partial charge in [0, 0.05) is 35.9 Å². The molecule has 0 fully saturated rings. The summed E-state index contributed by atoms with van der Waals surface area (Å²) >= 11 is 0. The molecule has 3 N–H and O–H groups in total. The molecule has 0 atom stereocenters. The molecule has 0 radical (unpaired) electrons. The van der Waals surface area contributed by atoms with Gasteiger partial charge < -0.3 is 34.9 Å². The fourth-order valence-corrected chi connectivity index (χ4v) is 4.71. The number of hydrogen-bond donors (Lipinski definition) is 3. The zero-order chi connectivity index (χ0) is 40.3. The third-order valence-electron chi connectivity index (χ3n) is 6.72. The van der Waals surface area contributed by atoms with Crippen LogP contribution in [-0.4, -0.2) is 63.1 Å². The average Bonchev–Trinajstić information content (AvgIpc) is 3.07. The first kappa shape index (κ1) is 41.4. The third kappa shape index (κ3) is 13.6. The van der Waals surface area contributed by atoms with Gasteiger partial charge in [-0.2, -0.15) is 9.98 Å². The number of carbonyl (C=O) groups excluding carboxylic acids is 3. The van der Waals surface area contributed by atoms with Gasteiger partial charge in [-0.15, -0.1) is 0 Å². The number of ether oxygens (including phenoxy) is 4. The normalized spacial score (nSPS) is 12.2. The van der Waals surface area contributed by atoms with E-state index in [1.54, 1.807) is 127 Å². The lowest BCUT2D eigenvalue weighted by Gasteiger charge is -2.20. The summed E-state index contributed by atoms with van der Waals surface area (Å²) in [5.41, 5.74) is 0.932. The van der Waals surface area contributed by atoms with Crippen LogP contribution < -0.4 is 25.4 Å². The number of amides is 3. The Bertz CT molecular complexity index is 2020. The topological polar surface area (TPSA) is 175 Å². The van der Waals surface area contributed by atoms with E-state index in [0.717, 1.165) is 0 Å². The second-order valence-electron chi connectivity index (χ2n) is 14.8. The number of rotatable bonds is 10. The molecule has 0 saturated heterocycles. The van der Waals surface area contributed by atoms with Crippen molar-refractivity contribution in [2.24, 2.45) is 9.98 Å². The number of hydrogen-bond acceptors (Lipinski definition) is 9. The van der Waals surface area contributed by atoms with Crippen molar-refractivity contribution in [2.45, 2.75) is 92.6 Å². The first-order chi connectivity index (χ1) is 25.8. The molecule has 4 rings (SSSR count). The lowest BCUT2D eigenvalue weighted by atomic mass is 10.1. The van der Waals surface area contributed by atoms with Gasteiger partial charge in [-0.1, -0.05) is 12.1 Å². The Hall–Kier alpha value is -6.31. The highest BCUT2D eigenvalue weighted by Crippen LogP contribution is 2.32. The van der Waals surface area contributed by atoms with Crippen molar-refractivity contribution in [3.05, 3.63) is 102 Å². The maximum Gasteiger partial charge on any atom is 0.436 e. The SMILES string of the molecule is CC(C)Oc1cc(N/C(=N/C(=O)OC(C)(C)C)c2ccccn2)ccc1NC(=O)c1ccc(N/C(=N/C(=O)OC(C)(C)C)c2ccccn2)cc1OC(C)C. The van der Waals surface area contributed by atoms with Crippen LogP contribution in [0.1, 0.15) is 91.0 Å². The highest BCUT2D eigenvalue weighted by molar-refractivity contribution is 6.12. The van der Waals surface area contributed by atoms with Crippen molar-refractivity contribution < 1.29 is 33.3 Å². The Balaban J connectivity index is 1.65. The van der Waals surface area contributed by atoms with Gasteiger partial charge in [-0.3, -0.25) is 14.8 Å². The second-order valence-corrected chi connectivity index (χ2v) is 14.8. The molecular weight excluding hydrogens is 702 g/mol. The fourth-order valence-electron chi connectivity index (χ4n) is 4.71. The molecule has 2 aromatic heterocycles. The molecule has 14 heteroatoms. The van der Waals surface area contributed by atoms with Crippen molar-refractivity contribution >= 4 is 46.8 Å². The molecule has 14 nitrogen and oxygen atoms in total. The molecule has 3 amide bonds. The highest BCUT2D eigenvalue weighted by Gasteiger charge is 2.22. The molecule has 0 spiro atoms. The third-order valence-corrected chi connectivity index (χ3v) is 6.72. The zero-order valence-corrected chi connectivity index (χ0v) is 32.9. The molecule has 55 heavy (non-hydrogen) atoms. The van der Waals surface area contributed by atoms with Gasteiger partial charge in [0.1, 0.15) is 34.1 Å². The summed E-state index contributed by atoms with van der Waals surface area (Å²) < 4.78 is 23.0. The number of benzene rings is 2. The van der Waals surface area contributed by atoms with Crippen LogP contribution >= 0.6 is 0 Å². The van der Waals surface area contributed by atoms with Crippen LogP contribution in [-0.2, 0) is 9.47 Å². The average molecular weight is 752 g/mol. The number of amidine groups is 2. The lowest BCUT2D eigenvalue weighted by molar-refractivity contribution is 0.0592. The molecule has 290 valence electrons. The Labute approximate surface area is 321 Å². The minimum absolute atomic E-state index is 0.147. The molecule has 0 saturated carbocycles. The lowest BCUT2D eigenvalue weighted by Crippen LogP contribution is -2.24. The molecule has 2 aromatic carbocycles. The van der Waals surface area contributed by atoms with Gasteiger partial charge >= 0.3 is 12.2 Å². The predicted octanol–water partition coefficient (Wildman–Crippen LogP) is 8.89. The number of anilines is 3. The minimum Gasteiger partial charge on any atom is -0.490 e. The number of pyridine rings is 2. The first-order valence-corrected chi connectivity index (χ1v) is 17.8. The van der Waals surface area contributed by atoms with Crippen LogP contribution in [0.5, 0.6) is 11.5 Å². The Morgan fingerprint density at radius 3 is 1.49 bits per heavy atom. The molecule has 2 heterocycles. The Kier molecular flexibility index (Phi) is 13.7. The maximum absolute atomic E-state index is 13.9. The van der Waals surface area contributed by atoms with E-state index in [-0.39, 0.29) is 35.2 Å². The van der Waals surface area contributed by atoms with Crippen molar-refractivity contribution in [1.29, 1.82) is 0 Å². The number of nitrogens with zero attached hydrogens (tertiary/aromatic N) is 4. The van der Waals surface area contributed by atoms with Crippen molar-refractivity contribution in [1.82, 2.24) is 9.97 Å². The second kappa shape index (κ2) is 18.1. The van der Waals surface area contributed by atoms with Gasteiger partial charge in [-0.05, 0) is 118 Å².